The summed E-state index contributed by atoms with van der Waals surface area (Å²) in [4.78, 5) is 11.7. The molecule has 1 rings (SSSR count). The first-order chi connectivity index (χ1) is 8.43. The smallest absolute Gasteiger partial charge is 0.170 e. The molecule has 0 aromatic heterocycles. The minimum Gasteiger partial charge on any atom is -0.486 e. The molecule has 0 spiro atoms. The summed E-state index contributed by atoms with van der Waals surface area (Å²) in [6.45, 7) is 3.98. The van der Waals surface area contributed by atoms with E-state index in [9.17, 15) is 4.79 Å². The van der Waals surface area contributed by atoms with Crippen LogP contribution in [0, 0.1) is 0 Å². The number of carbonyl (C=O) groups excluding carboxylic acids is 1. The third-order valence-corrected chi connectivity index (χ3v) is 2.99. The number of halogens is 1. The Morgan fingerprint density at radius 2 is 2.11 bits per heavy atom. The fourth-order valence-corrected chi connectivity index (χ4v) is 1.52. The minimum atomic E-state index is -0.272. The first-order valence-corrected chi connectivity index (χ1v) is 6.26. The van der Waals surface area contributed by atoms with Gasteiger partial charge in [0.05, 0.1) is 5.60 Å². The highest BCUT2D eigenvalue weighted by Crippen LogP contribution is 2.18. The van der Waals surface area contributed by atoms with Gasteiger partial charge in [0.25, 0.3) is 0 Å². The van der Waals surface area contributed by atoms with Gasteiger partial charge >= 0.3 is 0 Å². The van der Waals surface area contributed by atoms with Gasteiger partial charge in [-0.05, 0) is 38.5 Å². The van der Waals surface area contributed by atoms with Crippen LogP contribution in [0.25, 0.3) is 0 Å². The van der Waals surface area contributed by atoms with Gasteiger partial charge in [-0.25, -0.2) is 0 Å². The predicted molar refractivity (Wildman–Crippen MR) is 72.3 cm³/mol. The van der Waals surface area contributed by atoms with Crippen molar-refractivity contribution in [1.29, 1.82) is 0 Å². The van der Waals surface area contributed by atoms with Crippen LogP contribution in [0.5, 0.6) is 5.75 Å². The summed E-state index contributed by atoms with van der Waals surface area (Å²) in [7, 11) is 1.65. The Labute approximate surface area is 113 Å². The molecule has 3 nitrogen and oxygen atoms in total. The monoisotopic (exact) mass is 270 g/mol. The van der Waals surface area contributed by atoms with Crippen molar-refractivity contribution in [3.8, 4) is 5.75 Å². The summed E-state index contributed by atoms with van der Waals surface area (Å²) in [6.07, 6.45) is 1.13. The highest BCUT2D eigenvalue weighted by Gasteiger charge is 2.18. The molecule has 1 aromatic rings. The van der Waals surface area contributed by atoms with Crippen molar-refractivity contribution in [2.75, 3.05) is 13.7 Å². The Hall–Kier alpha value is -1.06. The van der Waals surface area contributed by atoms with Crippen LogP contribution in [0.15, 0.2) is 24.3 Å². The molecule has 4 heteroatoms. The van der Waals surface area contributed by atoms with Gasteiger partial charge in [-0.2, -0.15) is 0 Å². The Morgan fingerprint density at radius 1 is 1.39 bits per heavy atom. The molecule has 0 heterocycles. The van der Waals surface area contributed by atoms with Gasteiger partial charge in [0, 0.05) is 18.6 Å². The number of hydrogen-bond acceptors (Lipinski definition) is 3. The first kappa shape index (κ1) is 15.0. The Balaban J connectivity index is 2.34. The maximum Gasteiger partial charge on any atom is 0.170 e. The van der Waals surface area contributed by atoms with E-state index in [0.717, 1.165) is 0 Å². The van der Waals surface area contributed by atoms with Gasteiger partial charge in [-0.15, -0.1) is 0 Å². The molecule has 0 atom stereocenters. The zero-order valence-electron chi connectivity index (χ0n) is 11.0. The predicted octanol–water partition coefficient (Wildman–Crippen LogP) is 3.49. The maximum atomic E-state index is 11.7. The lowest BCUT2D eigenvalue weighted by molar-refractivity contribution is -0.122. The van der Waals surface area contributed by atoms with Gasteiger partial charge in [-0.1, -0.05) is 17.7 Å². The van der Waals surface area contributed by atoms with Gasteiger partial charge in [0.15, 0.2) is 5.78 Å². The minimum absolute atomic E-state index is 0.0556. The van der Waals surface area contributed by atoms with Gasteiger partial charge in [0.1, 0.15) is 12.4 Å². The topological polar surface area (TPSA) is 35.5 Å². The Kier molecular flexibility index (Phi) is 5.63. The zero-order valence-corrected chi connectivity index (χ0v) is 11.8. The van der Waals surface area contributed by atoms with E-state index in [0.29, 0.717) is 23.6 Å². The van der Waals surface area contributed by atoms with E-state index in [4.69, 9.17) is 21.1 Å². The van der Waals surface area contributed by atoms with Crippen molar-refractivity contribution in [3.05, 3.63) is 29.3 Å². The Morgan fingerprint density at radius 3 is 2.72 bits per heavy atom. The van der Waals surface area contributed by atoms with Crippen molar-refractivity contribution in [1.82, 2.24) is 0 Å². The molecule has 0 amide bonds. The fraction of sp³-hybridized carbons (Fsp3) is 0.500. The van der Waals surface area contributed by atoms with E-state index in [1.807, 2.05) is 13.8 Å². The molecule has 0 saturated carbocycles. The lowest BCUT2D eigenvalue weighted by Gasteiger charge is -2.22. The molecular weight excluding hydrogens is 252 g/mol. The van der Waals surface area contributed by atoms with Gasteiger partial charge in [0.2, 0.25) is 0 Å². The average molecular weight is 271 g/mol. The molecule has 0 N–H and O–H groups in total. The molecule has 0 bridgehead atoms. The SMILES string of the molecule is COC(C)(C)CCC(=O)COc1cccc(Cl)c1. The van der Waals surface area contributed by atoms with Gasteiger partial charge < -0.3 is 9.47 Å². The molecule has 0 aliphatic heterocycles. The lowest BCUT2D eigenvalue weighted by Crippen LogP contribution is -2.24. The molecule has 0 aliphatic rings. The van der Waals surface area contributed by atoms with Crippen LogP contribution in [0.3, 0.4) is 0 Å². The average Bonchev–Trinajstić information content (AvgIpc) is 2.34. The van der Waals surface area contributed by atoms with Gasteiger partial charge in [-0.3, -0.25) is 4.79 Å². The highest BCUT2D eigenvalue weighted by molar-refractivity contribution is 6.30. The van der Waals surface area contributed by atoms with Crippen LogP contribution in [-0.4, -0.2) is 25.1 Å². The van der Waals surface area contributed by atoms with Crippen LogP contribution in [0.2, 0.25) is 5.02 Å². The van der Waals surface area contributed by atoms with E-state index in [-0.39, 0.29) is 18.0 Å². The molecule has 1 aromatic carbocycles. The van der Waals surface area contributed by atoms with E-state index in [2.05, 4.69) is 0 Å². The van der Waals surface area contributed by atoms with Crippen molar-refractivity contribution in [2.45, 2.75) is 32.3 Å². The van der Waals surface area contributed by atoms with Crippen molar-refractivity contribution in [2.24, 2.45) is 0 Å². The lowest BCUT2D eigenvalue weighted by atomic mass is 10.0. The van der Waals surface area contributed by atoms with Crippen LogP contribution in [0.1, 0.15) is 26.7 Å². The number of hydrogen-bond donors (Lipinski definition) is 0. The summed E-state index contributed by atoms with van der Waals surface area (Å²) in [6, 6.07) is 7.01. The molecule has 0 aliphatic carbocycles. The van der Waals surface area contributed by atoms with Crippen LogP contribution >= 0.6 is 11.6 Å². The molecular formula is C14H19ClO3. The standard InChI is InChI=1S/C14H19ClO3/c1-14(2,17-3)8-7-12(16)10-18-13-6-4-5-11(15)9-13/h4-6,9H,7-8,10H2,1-3H3. The van der Waals surface area contributed by atoms with Crippen LogP contribution < -0.4 is 4.74 Å². The number of ketones is 1. The summed E-state index contributed by atoms with van der Waals surface area (Å²) < 4.78 is 10.6. The molecule has 0 radical (unpaired) electrons. The summed E-state index contributed by atoms with van der Waals surface area (Å²) in [5.41, 5.74) is -0.272. The van der Waals surface area contributed by atoms with E-state index in [1.54, 1.807) is 31.4 Å². The molecule has 100 valence electrons. The van der Waals surface area contributed by atoms with Crippen molar-refractivity contribution in [3.63, 3.8) is 0 Å². The maximum absolute atomic E-state index is 11.7. The number of methoxy groups -OCH3 is 1. The quantitative estimate of drug-likeness (QED) is 0.761. The third-order valence-electron chi connectivity index (χ3n) is 2.75. The molecule has 0 unspecified atom stereocenters. The normalized spacial score (nSPS) is 11.3. The second-order valence-corrected chi connectivity index (χ2v) is 5.18. The fourth-order valence-electron chi connectivity index (χ4n) is 1.34. The van der Waals surface area contributed by atoms with E-state index in [1.165, 1.54) is 0 Å². The second-order valence-electron chi connectivity index (χ2n) is 4.75. The number of ether oxygens (including phenoxy) is 2. The second kappa shape index (κ2) is 6.76. The largest absolute Gasteiger partial charge is 0.486 e. The number of carbonyl (C=O) groups is 1. The van der Waals surface area contributed by atoms with Crippen molar-refractivity contribution < 1.29 is 14.3 Å². The molecule has 0 fully saturated rings. The summed E-state index contributed by atoms with van der Waals surface area (Å²) in [5.74, 6) is 0.668. The van der Waals surface area contributed by atoms with Crippen LogP contribution in [0.4, 0.5) is 0 Å². The number of rotatable bonds is 7. The summed E-state index contributed by atoms with van der Waals surface area (Å²) in [5, 5.41) is 0.598. The highest BCUT2D eigenvalue weighted by atomic mass is 35.5. The molecule has 0 saturated heterocycles. The van der Waals surface area contributed by atoms with Crippen molar-refractivity contribution >= 4 is 17.4 Å². The van der Waals surface area contributed by atoms with Crippen LogP contribution in [-0.2, 0) is 9.53 Å². The summed E-state index contributed by atoms with van der Waals surface area (Å²) >= 11 is 5.82. The zero-order chi connectivity index (χ0) is 13.6. The Bertz CT molecular complexity index is 402. The van der Waals surface area contributed by atoms with E-state index >= 15 is 0 Å². The number of benzene rings is 1. The third kappa shape index (κ3) is 5.52. The first-order valence-electron chi connectivity index (χ1n) is 5.88. The van der Waals surface area contributed by atoms with E-state index < -0.39 is 0 Å². The molecule has 18 heavy (non-hydrogen) atoms. The number of Topliss-reactive ketones (excluding diaryl/α,β-unsaturated/α-hetero) is 1.